The number of methoxy groups -OCH3 is 2. The molecule has 0 saturated heterocycles. The van der Waals surface area contributed by atoms with Crippen LogP contribution in [0.5, 0.6) is 11.5 Å². The van der Waals surface area contributed by atoms with Crippen LogP contribution in [0.4, 0.5) is 0 Å². The maximum Gasteiger partial charge on any atom is 0.161 e. The average molecular weight is 297 g/mol. The van der Waals surface area contributed by atoms with E-state index in [0.29, 0.717) is 6.04 Å². The summed E-state index contributed by atoms with van der Waals surface area (Å²) in [6.07, 6.45) is 1.27. The first kappa shape index (κ1) is 14.9. The molecule has 0 spiro atoms. The molecule has 22 heavy (non-hydrogen) atoms. The highest BCUT2D eigenvalue weighted by Crippen LogP contribution is 2.36. The van der Waals surface area contributed by atoms with Crippen molar-refractivity contribution < 1.29 is 9.47 Å². The molecular weight excluding hydrogens is 274 g/mol. The van der Waals surface area contributed by atoms with E-state index in [1.807, 2.05) is 6.07 Å². The molecule has 0 aliphatic heterocycles. The van der Waals surface area contributed by atoms with Crippen LogP contribution in [-0.2, 0) is 6.54 Å². The Morgan fingerprint density at radius 1 is 1.05 bits per heavy atom. The van der Waals surface area contributed by atoms with Gasteiger partial charge in [-0.05, 0) is 41.2 Å². The number of hydrogen-bond donors (Lipinski definition) is 1. The van der Waals surface area contributed by atoms with Crippen molar-refractivity contribution in [2.45, 2.75) is 25.9 Å². The summed E-state index contributed by atoms with van der Waals surface area (Å²) in [6.45, 7) is 3.13. The highest BCUT2D eigenvalue weighted by Gasteiger charge is 2.31. The van der Waals surface area contributed by atoms with Crippen molar-refractivity contribution >= 4 is 0 Å². The van der Waals surface area contributed by atoms with E-state index in [0.717, 1.165) is 24.0 Å². The van der Waals surface area contributed by atoms with Crippen molar-refractivity contribution in [2.24, 2.45) is 5.92 Å². The van der Waals surface area contributed by atoms with Gasteiger partial charge in [0.1, 0.15) is 0 Å². The fourth-order valence-electron chi connectivity index (χ4n) is 2.80. The third-order valence-electron chi connectivity index (χ3n) is 4.36. The quantitative estimate of drug-likeness (QED) is 0.878. The van der Waals surface area contributed by atoms with Gasteiger partial charge in [-0.1, -0.05) is 37.3 Å². The summed E-state index contributed by atoms with van der Waals surface area (Å²) in [4.78, 5) is 0. The predicted octanol–water partition coefficient (Wildman–Crippen LogP) is 3.87. The van der Waals surface area contributed by atoms with E-state index in [-0.39, 0.29) is 0 Å². The second kappa shape index (κ2) is 6.41. The van der Waals surface area contributed by atoms with Crippen LogP contribution in [0.3, 0.4) is 0 Å². The van der Waals surface area contributed by atoms with Crippen LogP contribution in [0.2, 0.25) is 0 Å². The Morgan fingerprint density at radius 3 is 2.27 bits per heavy atom. The van der Waals surface area contributed by atoms with E-state index in [4.69, 9.17) is 9.47 Å². The van der Waals surface area contributed by atoms with Gasteiger partial charge in [0, 0.05) is 12.6 Å². The van der Waals surface area contributed by atoms with Crippen LogP contribution >= 0.6 is 0 Å². The number of nitrogens with one attached hydrogen (secondary N) is 1. The van der Waals surface area contributed by atoms with Crippen molar-refractivity contribution in [2.75, 3.05) is 14.2 Å². The lowest BCUT2D eigenvalue weighted by atomic mass is 9.98. The second-order valence-corrected chi connectivity index (χ2v) is 5.93. The zero-order valence-electron chi connectivity index (χ0n) is 13.4. The van der Waals surface area contributed by atoms with E-state index in [2.05, 4.69) is 48.6 Å². The summed E-state index contributed by atoms with van der Waals surface area (Å²) >= 11 is 0. The zero-order chi connectivity index (χ0) is 15.5. The summed E-state index contributed by atoms with van der Waals surface area (Å²) in [5.41, 5.74) is 3.63. The molecule has 3 heteroatoms. The van der Waals surface area contributed by atoms with Crippen LogP contribution in [0, 0.1) is 5.92 Å². The van der Waals surface area contributed by atoms with Crippen LogP contribution in [0.15, 0.2) is 42.5 Å². The minimum atomic E-state index is 0.650. The molecule has 2 aromatic carbocycles. The van der Waals surface area contributed by atoms with Gasteiger partial charge in [-0.25, -0.2) is 0 Å². The van der Waals surface area contributed by atoms with Gasteiger partial charge in [0.2, 0.25) is 0 Å². The topological polar surface area (TPSA) is 30.5 Å². The van der Waals surface area contributed by atoms with Gasteiger partial charge in [0.05, 0.1) is 14.2 Å². The largest absolute Gasteiger partial charge is 0.493 e. The van der Waals surface area contributed by atoms with Crippen LogP contribution < -0.4 is 14.8 Å². The fourth-order valence-corrected chi connectivity index (χ4v) is 2.80. The molecule has 1 aliphatic rings. The molecule has 2 atom stereocenters. The Bertz CT molecular complexity index is 639. The maximum atomic E-state index is 5.46. The van der Waals surface area contributed by atoms with Gasteiger partial charge in [0.25, 0.3) is 0 Å². The molecule has 1 saturated carbocycles. The van der Waals surface area contributed by atoms with E-state index in [9.17, 15) is 0 Å². The smallest absolute Gasteiger partial charge is 0.161 e. The Kier molecular flexibility index (Phi) is 4.34. The van der Waals surface area contributed by atoms with Gasteiger partial charge in [-0.15, -0.1) is 0 Å². The molecule has 0 heterocycles. The Hall–Kier alpha value is -2.00. The van der Waals surface area contributed by atoms with Crippen molar-refractivity contribution in [3.63, 3.8) is 0 Å². The third-order valence-corrected chi connectivity index (χ3v) is 4.36. The van der Waals surface area contributed by atoms with E-state index in [1.165, 1.54) is 23.1 Å². The van der Waals surface area contributed by atoms with Gasteiger partial charge in [0.15, 0.2) is 11.5 Å². The molecule has 1 fully saturated rings. The lowest BCUT2D eigenvalue weighted by Gasteiger charge is -2.16. The summed E-state index contributed by atoms with van der Waals surface area (Å²) in [7, 11) is 3.36. The minimum Gasteiger partial charge on any atom is -0.493 e. The fraction of sp³-hybridized carbons (Fsp3) is 0.368. The van der Waals surface area contributed by atoms with Gasteiger partial charge >= 0.3 is 0 Å². The normalized spacial score (nSPS) is 19.8. The first-order valence-electron chi connectivity index (χ1n) is 7.76. The average Bonchev–Trinajstić information content (AvgIpc) is 3.28. The van der Waals surface area contributed by atoms with Gasteiger partial charge < -0.3 is 14.8 Å². The molecule has 1 aliphatic carbocycles. The summed E-state index contributed by atoms with van der Waals surface area (Å²) in [6, 6.07) is 15.2. The van der Waals surface area contributed by atoms with Crippen molar-refractivity contribution in [3.05, 3.63) is 48.0 Å². The molecule has 1 N–H and O–H groups in total. The Labute approximate surface area is 132 Å². The lowest BCUT2D eigenvalue weighted by Crippen LogP contribution is -2.17. The molecule has 2 unspecified atom stereocenters. The van der Waals surface area contributed by atoms with Crippen molar-refractivity contribution in [1.82, 2.24) is 5.32 Å². The Morgan fingerprint density at radius 2 is 1.68 bits per heavy atom. The van der Waals surface area contributed by atoms with Crippen LogP contribution in [0.25, 0.3) is 11.1 Å². The molecule has 0 bridgehead atoms. The molecule has 0 aromatic heterocycles. The summed E-state index contributed by atoms with van der Waals surface area (Å²) < 4.78 is 10.9. The molecular formula is C19H23NO2. The van der Waals surface area contributed by atoms with E-state index < -0.39 is 0 Å². The second-order valence-electron chi connectivity index (χ2n) is 5.93. The SMILES string of the molecule is COc1cc(CNC2CC2C)c(-c2ccccc2)cc1OC. The van der Waals surface area contributed by atoms with Gasteiger partial charge in [-0.3, -0.25) is 0 Å². The first-order valence-corrected chi connectivity index (χ1v) is 7.76. The molecule has 0 radical (unpaired) electrons. The van der Waals surface area contributed by atoms with E-state index >= 15 is 0 Å². The van der Waals surface area contributed by atoms with Crippen LogP contribution in [0.1, 0.15) is 18.9 Å². The number of hydrogen-bond acceptors (Lipinski definition) is 3. The maximum absolute atomic E-state index is 5.46. The molecule has 0 amide bonds. The summed E-state index contributed by atoms with van der Waals surface area (Å²) in [5.74, 6) is 2.34. The van der Waals surface area contributed by atoms with Crippen molar-refractivity contribution in [1.29, 1.82) is 0 Å². The molecule has 3 rings (SSSR count). The highest BCUT2D eigenvalue weighted by atomic mass is 16.5. The molecule has 116 valence electrons. The summed E-state index contributed by atoms with van der Waals surface area (Å²) in [5, 5.41) is 3.63. The number of rotatable bonds is 6. The monoisotopic (exact) mass is 297 g/mol. The Balaban J connectivity index is 1.96. The lowest BCUT2D eigenvalue weighted by molar-refractivity contribution is 0.354. The molecule has 2 aromatic rings. The van der Waals surface area contributed by atoms with Crippen LogP contribution in [-0.4, -0.2) is 20.3 Å². The van der Waals surface area contributed by atoms with Crippen molar-refractivity contribution in [3.8, 4) is 22.6 Å². The van der Waals surface area contributed by atoms with E-state index in [1.54, 1.807) is 14.2 Å². The number of ether oxygens (including phenoxy) is 2. The highest BCUT2D eigenvalue weighted by molar-refractivity contribution is 5.71. The minimum absolute atomic E-state index is 0.650. The molecule has 3 nitrogen and oxygen atoms in total. The predicted molar refractivity (Wildman–Crippen MR) is 89.4 cm³/mol. The zero-order valence-corrected chi connectivity index (χ0v) is 13.4. The first-order chi connectivity index (χ1) is 10.7. The third kappa shape index (κ3) is 3.09. The standard InChI is InChI=1S/C19H23NO2/c1-13-9-17(13)20-12-15-10-18(21-2)19(22-3)11-16(15)14-7-5-4-6-8-14/h4-8,10-11,13,17,20H,9,12H2,1-3H3. The van der Waals surface area contributed by atoms with Gasteiger partial charge in [-0.2, -0.15) is 0 Å². The number of benzene rings is 2.